The van der Waals surface area contributed by atoms with Gasteiger partial charge >= 0.3 is 0 Å². The van der Waals surface area contributed by atoms with Crippen molar-refractivity contribution in [3.63, 3.8) is 0 Å². The highest BCUT2D eigenvalue weighted by molar-refractivity contribution is 8.01. The first-order valence-corrected chi connectivity index (χ1v) is 9.37. The van der Waals surface area contributed by atoms with Crippen molar-refractivity contribution in [1.29, 1.82) is 0 Å². The molecule has 1 aliphatic heterocycles. The molecular formula is C18H29N3OS. The summed E-state index contributed by atoms with van der Waals surface area (Å²) in [6, 6.07) is 6.35. The Kier molecular flexibility index (Phi) is 6.48. The molecule has 2 heterocycles. The van der Waals surface area contributed by atoms with Gasteiger partial charge < -0.3 is 5.32 Å². The fourth-order valence-corrected chi connectivity index (χ4v) is 3.49. The molecule has 5 heteroatoms. The summed E-state index contributed by atoms with van der Waals surface area (Å²) in [7, 11) is 0. The van der Waals surface area contributed by atoms with Gasteiger partial charge in [-0.05, 0) is 24.5 Å². The summed E-state index contributed by atoms with van der Waals surface area (Å²) in [4.78, 5) is 18.9. The molecule has 0 saturated carbocycles. The highest BCUT2D eigenvalue weighted by Gasteiger charge is 2.27. The van der Waals surface area contributed by atoms with E-state index >= 15 is 0 Å². The number of hydrogen-bond acceptors (Lipinski definition) is 4. The average molecular weight is 336 g/mol. The second kappa shape index (κ2) is 8.15. The zero-order valence-electron chi connectivity index (χ0n) is 14.7. The summed E-state index contributed by atoms with van der Waals surface area (Å²) in [6.07, 6.45) is 2.86. The van der Waals surface area contributed by atoms with Gasteiger partial charge in [0.05, 0.1) is 11.4 Å². The molecule has 23 heavy (non-hydrogen) atoms. The van der Waals surface area contributed by atoms with Crippen LogP contribution in [0.1, 0.15) is 39.8 Å². The molecule has 1 aromatic heterocycles. The number of nitrogens with one attached hydrogen (secondary N) is 1. The van der Waals surface area contributed by atoms with Crippen LogP contribution in [-0.2, 0) is 11.3 Å². The summed E-state index contributed by atoms with van der Waals surface area (Å²) < 4.78 is 0.134. The molecule has 1 amide bonds. The van der Waals surface area contributed by atoms with Crippen LogP contribution >= 0.6 is 11.8 Å². The molecule has 0 bridgehead atoms. The lowest BCUT2D eigenvalue weighted by Gasteiger charge is -2.37. The predicted molar refractivity (Wildman–Crippen MR) is 97.4 cm³/mol. The van der Waals surface area contributed by atoms with Crippen LogP contribution in [0.3, 0.4) is 0 Å². The van der Waals surface area contributed by atoms with Gasteiger partial charge in [-0.25, -0.2) is 0 Å². The molecule has 2 rings (SSSR count). The van der Waals surface area contributed by atoms with Crippen LogP contribution < -0.4 is 5.32 Å². The maximum absolute atomic E-state index is 12.1. The third kappa shape index (κ3) is 6.51. The summed E-state index contributed by atoms with van der Waals surface area (Å²) in [5, 5.41) is 3.22. The van der Waals surface area contributed by atoms with Gasteiger partial charge in [0.15, 0.2) is 0 Å². The van der Waals surface area contributed by atoms with Gasteiger partial charge in [0.1, 0.15) is 0 Å². The van der Waals surface area contributed by atoms with Crippen LogP contribution in [0.4, 0.5) is 0 Å². The third-order valence-corrected chi connectivity index (χ3v) is 5.36. The second-order valence-electron chi connectivity index (χ2n) is 7.40. The Morgan fingerprint density at radius 1 is 1.43 bits per heavy atom. The van der Waals surface area contributed by atoms with E-state index in [0.717, 1.165) is 31.7 Å². The van der Waals surface area contributed by atoms with Gasteiger partial charge in [0.25, 0.3) is 0 Å². The van der Waals surface area contributed by atoms with Crippen molar-refractivity contribution >= 4 is 17.7 Å². The Morgan fingerprint density at radius 3 is 2.83 bits per heavy atom. The fraction of sp³-hybridized carbons (Fsp3) is 0.667. The summed E-state index contributed by atoms with van der Waals surface area (Å²) in [6.45, 7) is 11.6. The van der Waals surface area contributed by atoms with E-state index < -0.39 is 0 Å². The van der Waals surface area contributed by atoms with Crippen LogP contribution in [0.5, 0.6) is 0 Å². The van der Waals surface area contributed by atoms with Gasteiger partial charge in [-0.3, -0.25) is 14.7 Å². The first-order chi connectivity index (χ1) is 10.8. The third-order valence-electron chi connectivity index (χ3n) is 4.08. The minimum atomic E-state index is 0.134. The second-order valence-corrected chi connectivity index (χ2v) is 9.20. The number of rotatable bonds is 5. The van der Waals surface area contributed by atoms with Crippen molar-refractivity contribution in [2.45, 2.75) is 51.4 Å². The number of nitrogens with zero attached hydrogens (tertiary/aromatic N) is 2. The molecule has 0 aliphatic carbocycles. The fourth-order valence-electron chi connectivity index (χ4n) is 2.84. The topological polar surface area (TPSA) is 45.2 Å². The Bertz CT molecular complexity index is 501. The first-order valence-electron chi connectivity index (χ1n) is 8.39. The quantitative estimate of drug-likeness (QED) is 0.898. The number of thioether (sulfide) groups is 1. The molecule has 0 spiro atoms. The Balaban J connectivity index is 1.76. The lowest BCUT2D eigenvalue weighted by molar-refractivity contribution is -0.120. The molecule has 1 fully saturated rings. The van der Waals surface area contributed by atoms with Gasteiger partial charge in [-0.2, -0.15) is 0 Å². The Hall–Kier alpha value is -1.07. The largest absolute Gasteiger partial charge is 0.352 e. The highest BCUT2D eigenvalue weighted by atomic mass is 32.2. The van der Waals surface area contributed by atoms with E-state index in [1.807, 2.05) is 18.3 Å². The Labute approximate surface area is 144 Å². The van der Waals surface area contributed by atoms with E-state index in [0.29, 0.717) is 17.7 Å². The van der Waals surface area contributed by atoms with Crippen molar-refractivity contribution in [2.24, 2.45) is 5.92 Å². The summed E-state index contributed by atoms with van der Waals surface area (Å²) in [5.41, 5.74) is 1.11. The van der Waals surface area contributed by atoms with Crippen molar-refractivity contribution in [2.75, 3.05) is 18.8 Å². The zero-order valence-corrected chi connectivity index (χ0v) is 15.5. The molecule has 1 saturated heterocycles. The van der Waals surface area contributed by atoms with E-state index in [1.54, 1.807) is 11.8 Å². The maximum Gasteiger partial charge on any atom is 0.230 e. The summed E-state index contributed by atoms with van der Waals surface area (Å²) >= 11 is 1.70. The van der Waals surface area contributed by atoms with Crippen molar-refractivity contribution in [3.05, 3.63) is 30.1 Å². The van der Waals surface area contributed by atoms with Crippen LogP contribution in [0.15, 0.2) is 24.4 Å². The van der Waals surface area contributed by atoms with Gasteiger partial charge in [0.2, 0.25) is 5.91 Å². The molecule has 4 nitrogen and oxygen atoms in total. The molecule has 1 aliphatic rings. The van der Waals surface area contributed by atoms with Gasteiger partial charge in [0, 0.05) is 36.6 Å². The predicted octanol–water partition coefficient (Wildman–Crippen LogP) is 2.94. The highest BCUT2D eigenvalue weighted by Crippen LogP contribution is 2.23. The smallest absolute Gasteiger partial charge is 0.230 e. The molecule has 1 aromatic rings. The number of hydrogen-bond donors (Lipinski definition) is 1. The molecule has 0 unspecified atom stereocenters. The Morgan fingerprint density at radius 2 is 2.22 bits per heavy atom. The standard InChI is InChI=1S/C18H29N3OS/c1-14-11-21(12-15-7-5-6-9-19-15)10-8-16(14)20-17(22)13-23-18(2,3)4/h5-7,9,14,16H,8,10-13H2,1-4H3,(H,20,22)/t14-,16-/m1/s1. The lowest BCUT2D eigenvalue weighted by atomic mass is 9.93. The first kappa shape index (κ1) is 18.3. The van der Waals surface area contributed by atoms with E-state index in [1.165, 1.54) is 0 Å². The number of piperidine rings is 1. The van der Waals surface area contributed by atoms with Gasteiger partial charge in [-0.15, -0.1) is 11.8 Å². The van der Waals surface area contributed by atoms with Crippen LogP contribution in [-0.4, -0.2) is 45.4 Å². The maximum atomic E-state index is 12.1. The number of amides is 1. The number of carbonyl (C=O) groups is 1. The normalized spacial score (nSPS) is 22.8. The zero-order chi connectivity index (χ0) is 16.9. The molecule has 2 atom stereocenters. The molecular weight excluding hydrogens is 306 g/mol. The van der Waals surface area contributed by atoms with Crippen molar-refractivity contribution < 1.29 is 4.79 Å². The SMILES string of the molecule is C[C@@H]1CN(Cc2ccccn2)CC[C@H]1NC(=O)CSC(C)(C)C. The number of likely N-dealkylation sites (tertiary alicyclic amines) is 1. The monoisotopic (exact) mass is 335 g/mol. The van der Waals surface area contributed by atoms with E-state index in [2.05, 4.69) is 49.0 Å². The molecule has 0 aromatic carbocycles. The lowest BCUT2D eigenvalue weighted by Crippen LogP contribution is -2.50. The van der Waals surface area contributed by atoms with E-state index in [9.17, 15) is 4.79 Å². The van der Waals surface area contributed by atoms with Crippen LogP contribution in [0, 0.1) is 5.92 Å². The molecule has 128 valence electrons. The summed E-state index contributed by atoms with van der Waals surface area (Å²) in [5.74, 6) is 1.18. The number of aromatic nitrogens is 1. The minimum Gasteiger partial charge on any atom is -0.352 e. The van der Waals surface area contributed by atoms with Crippen molar-refractivity contribution in [1.82, 2.24) is 15.2 Å². The van der Waals surface area contributed by atoms with Crippen LogP contribution in [0.2, 0.25) is 0 Å². The average Bonchev–Trinajstić information content (AvgIpc) is 2.48. The van der Waals surface area contributed by atoms with E-state index in [4.69, 9.17) is 0 Å². The van der Waals surface area contributed by atoms with Crippen molar-refractivity contribution in [3.8, 4) is 0 Å². The minimum absolute atomic E-state index is 0.134. The number of pyridine rings is 1. The van der Waals surface area contributed by atoms with Crippen LogP contribution in [0.25, 0.3) is 0 Å². The molecule has 0 radical (unpaired) electrons. The van der Waals surface area contributed by atoms with E-state index in [-0.39, 0.29) is 10.7 Å². The van der Waals surface area contributed by atoms with Gasteiger partial charge in [-0.1, -0.05) is 33.8 Å². The molecule has 1 N–H and O–H groups in total. The number of carbonyl (C=O) groups excluding carboxylic acids is 1.